The number of hydrogen-bond donors (Lipinski definition) is 1. The van der Waals surface area contributed by atoms with Crippen molar-refractivity contribution < 1.29 is 27.5 Å². The number of nitrogens with zero attached hydrogens (tertiary/aromatic N) is 4. The topological polar surface area (TPSA) is 103 Å². The van der Waals surface area contributed by atoms with Crippen molar-refractivity contribution >= 4 is 29.2 Å². The molecule has 2 heterocycles. The van der Waals surface area contributed by atoms with Crippen LogP contribution in [0.1, 0.15) is 26.7 Å². The van der Waals surface area contributed by atoms with Crippen LogP contribution in [0.4, 0.5) is 25.1 Å². The van der Waals surface area contributed by atoms with Crippen LogP contribution in [0.15, 0.2) is 47.0 Å². The molecule has 182 valence electrons. The summed E-state index contributed by atoms with van der Waals surface area (Å²) in [6.45, 7) is 5.78. The highest BCUT2D eigenvalue weighted by atomic mass is 35.5. The van der Waals surface area contributed by atoms with Gasteiger partial charge in [0, 0.05) is 36.1 Å². The number of rotatable bonds is 8. The van der Waals surface area contributed by atoms with Crippen LogP contribution in [-0.4, -0.2) is 50.9 Å². The predicted octanol–water partition coefficient (Wildman–Crippen LogP) is 5.45. The van der Waals surface area contributed by atoms with Crippen LogP contribution in [0.3, 0.4) is 0 Å². The molecule has 2 aromatic heterocycles. The van der Waals surface area contributed by atoms with Crippen LogP contribution in [0.25, 0.3) is 11.5 Å². The van der Waals surface area contributed by atoms with Crippen LogP contribution in [0, 0.1) is 0 Å². The summed E-state index contributed by atoms with van der Waals surface area (Å²) in [5, 5.41) is 11.1. The van der Waals surface area contributed by atoms with Gasteiger partial charge in [-0.05, 0) is 57.2 Å². The van der Waals surface area contributed by atoms with E-state index in [1.54, 1.807) is 25.4 Å². The van der Waals surface area contributed by atoms with Gasteiger partial charge in [0.2, 0.25) is 5.89 Å². The summed E-state index contributed by atoms with van der Waals surface area (Å²) in [4.78, 5) is 17.9. The molecule has 12 heteroatoms. The second-order valence-corrected chi connectivity index (χ2v) is 8.63. The number of halogens is 3. The Kier molecular flexibility index (Phi) is 7.55. The highest BCUT2D eigenvalue weighted by Gasteiger charge is 2.27. The van der Waals surface area contributed by atoms with Gasteiger partial charge in [0.1, 0.15) is 18.2 Å². The molecule has 34 heavy (non-hydrogen) atoms. The first-order valence-electron chi connectivity index (χ1n) is 10.2. The van der Waals surface area contributed by atoms with E-state index < -0.39 is 11.7 Å². The average molecular weight is 496 g/mol. The Morgan fingerprint density at radius 1 is 1.18 bits per heavy atom. The zero-order valence-corrected chi connectivity index (χ0v) is 19.8. The lowest BCUT2D eigenvalue weighted by Gasteiger charge is -2.30. The molecular weight excluding hydrogens is 472 g/mol. The van der Waals surface area contributed by atoms with E-state index in [0.717, 1.165) is 0 Å². The molecule has 3 aromatic rings. The van der Waals surface area contributed by atoms with E-state index in [2.05, 4.69) is 25.2 Å². The average Bonchev–Trinajstić information content (AvgIpc) is 3.22. The summed E-state index contributed by atoms with van der Waals surface area (Å²) >= 11 is 4.78. The molecule has 0 aliphatic heterocycles. The molecule has 0 fully saturated rings. The van der Waals surface area contributed by atoms with Crippen LogP contribution in [-0.2, 0) is 11.2 Å². The maximum atomic E-state index is 12.8. The van der Waals surface area contributed by atoms with Crippen LogP contribution >= 0.6 is 11.6 Å². The van der Waals surface area contributed by atoms with E-state index >= 15 is 0 Å². The van der Waals surface area contributed by atoms with Crippen molar-refractivity contribution in [3.05, 3.63) is 48.5 Å². The maximum absolute atomic E-state index is 12.8. The molecule has 3 rings (SSSR count). The first-order chi connectivity index (χ1) is 15.9. The van der Waals surface area contributed by atoms with Crippen LogP contribution in [0.2, 0.25) is 0 Å². The van der Waals surface area contributed by atoms with E-state index in [9.17, 15) is 13.6 Å². The molecule has 0 bridgehead atoms. The van der Waals surface area contributed by atoms with Crippen molar-refractivity contribution in [2.45, 2.75) is 38.3 Å². The SMILES string of the molecule is CN(C(=O)OCCc1nnc(-c2cccnc2Nc2ccc(OC(F)(F)Cl)cc2)o1)C(C)(C)C. The molecule has 9 nitrogen and oxygen atoms in total. The molecule has 0 saturated heterocycles. The molecule has 1 N–H and O–H groups in total. The number of pyridine rings is 1. The molecule has 1 amide bonds. The highest BCUT2D eigenvalue weighted by molar-refractivity contribution is 6.20. The predicted molar refractivity (Wildman–Crippen MR) is 121 cm³/mol. The number of anilines is 2. The van der Waals surface area contributed by atoms with Gasteiger partial charge < -0.3 is 24.1 Å². The van der Waals surface area contributed by atoms with Gasteiger partial charge in [0.25, 0.3) is 5.89 Å². The quantitative estimate of drug-likeness (QED) is 0.411. The minimum Gasteiger partial charge on any atom is -0.449 e. The van der Waals surface area contributed by atoms with E-state index in [4.69, 9.17) is 20.8 Å². The molecular formula is C22H24ClF2N5O4. The third-order valence-corrected chi connectivity index (χ3v) is 4.75. The number of alkyl halides is 3. The lowest BCUT2D eigenvalue weighted by atomic mass is 10.1. The summed E-state index contributed by atoms with van der Waals surface area (Å²) < 4.78 is 40.8. The van der Waals surface area contributed by atoms with E-state index in [0.29, 0.717) is 23.0 Å². The number of carbonyl (C=O) groups is 1. The number of hydrogen-bond acceptors (Lipinski definition) is 8. The van der Waals surface area contributed by atoms with Gasteiger partial charge >= 0.3 is 11.7 Å². The van der Waals surface area contributed by atoms with Gasteiger partial charge in [0.15, 0.2) is 0 Å². The van der Waals surface area contributed by atoms with Crippen LogP contribution in [0.5, 0.6) is 5.75 Å². The van der Waals surface area contributed by atoms with Crippen LogP contribution < -0.4 is 10.1 Å². The van der Waals surface area contributed by atoms with Gasteiger partial charge in [0.05, 0.1) is 12.0 Å². The largest absolute Gasteiger partial charge is 0.487 e. The Hall–Kier alpha value is -3.47. The highest BCUT2D eigenvalue weighted by Crippen LogP contribution is 2.30. The zero-order valence-electron chi connectivity index (χ0n) is 19.0. The first-order valence-corrected chi connectivity index (χ1v) is 10.6. The fourth-order valence-corrected chi connectivity index (χ4v) is 2.70. The van der Waals surface area contributed by atoms with Crippen molar-refractivity contribution in [3.8, 4) is 17.2 Å². The van der Waals surface area contributed by atoms with Gasteiger partial charge in [-0.15, -0.1) is 19.0 Å². The van der Waals surface area contributed by atoms with Gasteiger partial charge in [-0.1, -0.05) is 0 Å². The molecule has 1 aromatic carbocycles. The fourth-order valence-electron chi connectivity index (χ4n) is 2.61. The number of amides is 1. The monoisotopic (exact) mass is 495 g/mol. The van der Waals surface area contributed by atoms with Crippen molar-refractivity contribution in [1.82, 2.24) is 20.1 Å². The third kappa shape index (κ3) is 7.01. The molecule has 0 saturated carbocycles. The van der Waals surface area contributed by atoms with Gasteiger partial charge in [-0.2, -0.15) is 0 Å². The van der Waals surface area contributed by atoms with Crippen molar-refractivity contribution in [1.29, 1.82) is 0 Å². The lowest BCUT2D eigenvalue weighted by Crippen LogP contribution is -2.43. The fraction of sp³-hybridized carbons (Fsp3) is 0.364. The summed E-state index contributed by atoms with van der Waals surface area (Å²) in [5.41, 5.74) is -3.07. The Morgan fingerprint density at radius 2 is 1.88 bits per heavy atom. The second-order valence-electron chi connectivity index (χ2n) is 8.19. The lowest BCUT2D eigenvalue weighted by molar-refractivity contribution is -0.0964. The van der Waals surface area contributed by atoms with Crippen molar-refractivity contribution in [2.75, 3.05) is 19.0 Å². The molecule has 0 aliphatic rings. The number of nitrogens with one attached hydrogen (secondary N) is 1. The number of ether oxygens (including phenoxy) is 2. The number of aromatic nitrogens is 3. The first kappa shape index (κ1) is 25.2. The molecule has 0 aliphatic carbocycles. The van der Waals surface area contributed by atoms with Crippen molar-refractivity contribution in [2.24, 2.45) is 0 Å². The Balaban J connectivity index is 1.64. The van der Waals surface area contributed by atoms with E-state index in [1.165, 1.54) is 29.2 Å². The summed E-state index contributed by atoms with van der Waals surface area (Å²) in [7, 11) is 1.66. The van der Waals surface area contributed by atoms with E-state index in [-0.39, 0.29) is 30.2 Å². The summed E-state index contributed by atoms with van der Waals surface area (Å²) in [6, 6.07) is 9.16. The third-order valence-electron chi connectivity index (χ3n) is 4.68. The van der Waals surface area contributed by atoms with Crippen molar-refractivity contribution in [3.63, 3.8) is 0 Å². The maximum Gasteiger partial charge on any atom is 0.487 e. The molecule has 0 atom stereocenters. The molecule has 0 spiro atoms. The van der Waals surface area contributed by atoms with Gasteiger partial charge in [-0.3, -0.25) is 0 Å². The second kappa shape index (κ2) is 10.2. The Morgan fingerprint density at radius 3 is 2.53 bits per heavy atom. The summed E-state index contributed by atoms with van der Waals surface area (Å²) in [6.07, 6.45) is 1.36. The number of benzene rings is 1. The smallest absolute Gasteiger partial charge is 0.449 e. The normalized spacial score (nSPS) is 11.7. The molecule has 0 radical (unpaired) electrons. The summed E-state index contributed by atoms with van der Waals surface area (Å²) in [5.74, 6) is 0.819. The van der Waals surface area contributed by atoms with Gasteiger partial charge in [-0.25, -0.2) is 9.78 Å². The Labute approximate surface area is 200 Å². The zero-order chi connectivity index (χ0) is 24.9. The standard InChI is InChI=1S/C22H24ClF2N5O4/c1-21(2,3)30(4)20(31)32-13-11-17-28-29-19(33-17)16-6-5-12-26-18(16)27-14-7-9-15(10-8-14)34-22(23,24)25/h5-10,12H,11,13H2,1-4H3,(H,26,27). The molecule has 0 unspecified atom stereocenters. The Bertz CT molecular complexity index is 1110. The minimum atomic E-state index is -3.79. The number of carbonyl (C=O) groups excluding carboxylic acids is 1. The minimum absolute atomic E-state index is 0.0782. The van der Waals surface area contributed by atoms with E-state index in [1.807, 2.05) is 20.8 Å².